The number of H-pyrrole nitrogens is 1. The highest BCUT2D eigenvalue weighted by Gasteiger charge is 2.41. The highest BCUT2D eigenvalue weighted by Crippen LogP contribution is 2.55. The van der Waals surface area contributed by atoms with Crippen LogP contribution in [0.25, 0.3) is 16.6 Å². The van der Waals surface area contributed by atoms with Gasteiger partial charge in [-0.2, -0.15) is 0 Å². The van der Waals surface area contributed by atoms with E-state index in [1.807, 2.05) is 42.6 Å². The normalized spacial score (nSPS) is 20.4. The Labute approximate surface area is 364 Å². The number of rotatable bonds is 12. The first kappa shape index (κ1) is 41.0. The molecule has 1 saturated carbocycles. The molecule has 2 aliphatic heterocycles. The molecule has 4 heterocycles. The minimum Gasteiger partial charge on any atom is -0.455 e. The van der Waals surface area contributed by atoms with Crippen LogP contribution in [0.5, 0.6) is 11.5 Å². The number of ether oxygens (including phenoxy) is 2. The highest BCUT2D eigenvalue weighted by atomic mass is 35.5. The number of nitrogens with one attached hydrogen (secondary N) is 4. The predicted molar refractivity (Wildman–Crippen MR) is 241 cm³/mol. The molecule has 4 N–H and O–H groups in total. The van der Waals surface area contributed by atoms with Gasteiger partial charge in [0.25, 0.3) is 11.6 Å². The Balaban J connectivity index is 0.900. The molecule has 15 heteroatoms. The number of halogens is 1. The molecule has 3 fully saturated rings. The molecule has 2 saturated heterocycles. The van der Waals surface area contributed by atoms with Crippen LogP contribution < -0.4 is 19.7 Å². The van der Waals surface area contributed by atoms with E-state index in [0.29, 0.717) is 40.6 Å². The zero-order chi connectivity index (χ0) is 41.9. The lowest BCUT2D eigenvalue weighted by Crippen LogP contribution is -2.47. The molecule has 0 bridgehead atoms. The molecule has 13 nitrogen and oxygen atoms in total. The molecule has 9 rings (SSSR count). The Bertz CT molecular complexity index is 2460. The van der Waals surface area contributed by atoms with Crippen LogP contribution in [0.2, 0.25) is 5.02 Å². The lowest BCUT2D eigenvalue weighted by molar-refractivity contribution is -0.420. The van der Waals surface area contributed by atoms with E-state index in [-0.39, 0.29) is 23.0 Å². The molecule has 5 aliphatic rings. The number of benzene rings is 2. The summed E-state index contributed by atoms with van der Waals surface area (Å²) >= 11 is 7.21. The maximum absolute atomic E-state index is 13.9. The Kier molecular flexibility index (Phi) is 12.0. The van der Waals surface area contributed by atoms with Gasteiger partial charge in [0.1, 0.15) is 17.1 Å². The third kappa shape index (κ3) is 9.27. The number of carbonyl (C=O) groups excluding carboxylic acids is 1. The molecule has 1 spiro atoms. The monoisotopic (exact) mass is 860 g/mol. The molecule has 3 aliphatic carbocycles. The van der Waals surface area contributed by atoms with Crippen molar-refractivity contribution in [2.24, 2.45) is 5.41 Å². The number of anilines is 1. The van der Waals surface area contributed by atoms with Gasteiger partial charge in [0.05, 0.1) is 28.0 Å². The second kappa shape index (κ2) is 17.9. The summed E-state index contributed by atoms with van der Waals surface area (Å²) in [6, 6.07) is 17.9. The summed E-state index contributed by atoms with van der Waals surface area (Å²) in [5, 5.41) is 25.6. The molecule has 2 aromatic carbocycles. The molecular weight excluding hydrogens is 812 g/mol. The van der Waals surface area contributed by atoms with E-state index in [2.05, 4.69) is 41.9 Å². The summed E-state index contributed by atoms with van der Waals surface area (Å²) < 4.78 is 14.7. The predicted octanol–water partition coefficient (Wildman–Crippen LogP) is 9.05. The standard InChI is InChI=1S/C46H49ClN8O5S/c47-33-4-2-30(3-5-33)39-26-46(12-1-13-46)14-8-32(39)29-53-16-18-54(19-17-53)35-6-7-38(43(23-35)60-36-22-31-9-15-49-44(31)51-27-36)45(56)52-61-37-24-41(48)40(42(25-37)55(57)58)28-50-34-10-20-59-21-11-34/h2-7,9,15,22-25,27-28,34,48,50H,1,8,10-14,16-21,26,29H2,(H,49,51)(H,52,56)/b40-28+,48-41?. The number of nitro groups is 1. The Morgan fingerprint density at radius 3 is 2.64 bits per heavy atom. The molecule has 4 aromatic rings. The van der Waals surface area contributed by atoms with Gasteiger partial charge >= 0.3 is 0 Å². The number of allylic oxidation sites excluding steroid dienone is 4. The van der Waals surface area contributed by atoms with Gasteiger partial charge < -0.3 is 24.7 Å². The smallest absolute Gasteiger partial charge is 0.281 e. The number of hydrogen-bond acceptors (Lipinski definition) is 11. The zero-order valence-corrected chi connectivity index (χ0v) is 35.5. The second-order valence-corrected chi connectivity index (χ2v) is 18.0. The lowest BCUT2D eigenvalue weighted by atomic mass is 9.59. The number of hydrogen-bond donors (Lipinski definition) is 4. The first-order valence-corrected chi connectivity index (χ1v) is 22.3. The Morgan fingerprint density at radius 2 is 1.89 bits per heavy atom. The molecule has 0 atom stereocenters. The summed E-state index contributed by atoms with van der Waals surface area (Å²) in [6.45, 7) is 5.63. The van der Waals surface area contributed by atoms with Crippen LogP contribution in [0.15, 0.2) is 107 Å². The minimum absolute atomic E-state index is 0.0221. The number of amides is 1. The van der Waals surface area contributed by atoms with Gasteiger partial charge in [0, 0.05) is 97.5 Å². The fraction of sp³-hybridized carbons (Fsp3) is 0.370. The van der Waals surface area contributed by atoms with E-state index in [9.17, 15) is 14.9 Å². The largest absolute Gasteiger partial charge is 0.455 e. The molecule has 1 amide bonds. The number of nitrogens with zero attached hydrogens (tertiary/aromatic N) is 4. The van der Waals surface area contributed by atoms with Crippen LogP contribution in [0.4, 0.5) is 5.69 Å². The van der Waals surface area contributed by atoms with Crippen molar-refractivity contribution in [1.29, 1.82) is 5.41 Å². The maximum atomic E-state index is 13.9. The van der Waals surface area contributed by atoms with Crippen molar-refractivity contribution < 1.29 is 19.2 Å². The van der Waals surface area contributed by atoms with E-state index >= 15 is 0 Å². The minimum atomic E-state index is -0.503. The van der Waals surface area contributed by atoms with E-state index in [1.54, 1.807) is 24.0 Å². The number of pyridine rings is 1. The van der Waals surface area contributed by atoms with Gasteiger partial charge in [-0.1, -0.05) is 35.7 Å². The van der Waals surface area contributed by atoms with Crippen molar-refractivity contribution in [3.8, 4) is 11.5 Å². The number of fused-ring (bicyclic) bond motifs is 1. The maximum Gasteiger partial charge on any atom is 0.281 e. The topological polar surface area (TPSA) is 162 Å². The highest BCUT2D eigenvalue weighted by molar-refractivity contribution is 8.02. The summed E-state index contributed by atoms with van der Waals surface area (Å²) in [5.74, 6) is 0.391. The van der Waals surface area contributed by atoms with Gasteiger partial charge in [-0.3, -0.25) is 29.9 Å². The number of aromatic amines is 1. The van der Waals surface area contributed by atoms with Crippen LogP contribution in [-0.4, -0.2) is 83.4 Å². The van der Waals surface area contributed by atoms with Gasteiger partial charge in [-0.05, 0) is 116 Å². The molecule has 61 heavy (non-hydrogen) atoms. The fourth-order valence-electron chi connectivity index (χ4n) is 9.11. The number of aromatic nitrogens is 2. The van der Waals surface area contributed by atoms with E-state index in [0.717, 1.165) is 92.1 Å². The van der Waals surface area contributed by atoms with Gasteiger partial charge in [0.2, 0.25) is 0 Å². The van der Waals surface area contributed by atoms with Crippen LogP contribution >= 0.6 is 23.5 Å². The summed E-state index contributed by atoms with van der Waals surface area (Å²) in [5.41, 5.74) is 6.74. The third-order valence-electron chi connectivity index (χ3n) is 12.8. The average Bonchev–Trinajstić information content (AvgIpc) is 3.74. The first-order chi connectivity index (χ1) is 29.7. The van der Waals surface area contributed by atoms with Gasteiger partial charge in [-0.15, -0.1) is 0 Å². The third-order valence-corrected chi connectivity index (χ3v) is 13.8. The van der Waals surface area contributed by atoms with Crippen molar-refractivity contribution in [1.82, 2.24) is 24.9 Å². The number of carbonyl (C=O) groups is 1. The van der Waals surface area contributed by atoms with E-state index < -0.39 is 10.8 Å². The molecular formula is C46H49ClN8O5S. The summed E-state index contributed by atoms with van der Waals surface area (Å²) in [7, 11) is 0. The Hall–Kier alpha value is -5.41. The molecule has 0 radical (unpaired) electrons. The van der Waals surface area contributed by atoms with Gasteiger partial charge in [0.15, 0.2) is 0 Å². The quantitative estimate of drug-likeness (QED) is 0.0615. The van der Waals surface area contributed by atoms with Crippen LogP contribution in [0.3, 0.4) is 0 Å². The van der Waals surface area contributed by atoms with Crippen molar-refractivity contribution in [2.75, 3.05) is 50.8 Å². The van der Waals surface area contributed by atoms with Crippen molar-refractivity contribution in [3.05, 3.63) is 133 Å². The molecule has 316 valence electrons. The van der Waals surface area contributed by atoms with Crippen LogP contribution in [-0.2, 0) is 4.74 Å². The van der Waals surface area contributed by atoms with Crippen molar-refractivity contribution in [2.45, 2.75) is 57.4 Å². The van der Waals surface area contributed by atoms with Crippen molar-refractivity contribution in [3.63, 3.8) is 0 Å². The number of piperazine rings is 1. The summed E-state index contributed by atoms with van der Waals surface area (Å²) in [4.78, 5) is 38.4. The fourth-order valence-corrected chi connectivity index (χ4v) is 9.90. The SMILES string of the molecule is N=C1C=C(SNC(=O)c2ccc(N3CCN(CC4=C(c5ccc(Cl)cc5)CC5(CCC5)CC4)CC3)cc2Oc2cnc3[nH]ccc3c2)C=C([N+](=O)[O-])/C1=C/NC1CCOCC1. The van der Waals surface area contributed by atoms with Crippen molar-refractivity contribution >= 4 is 57.5 Å². The lowest BCUT2D eigenvalue weighted by Gasteiger charge is -2.47. The second-order valence-electron chi connectivity index (χ2n) is 16.6. The van der Waals surface area contributed by atoms with E-state index in [4.69, 9.17) is 26.5 Å². The molecule has 0 unspecified atom stereocenters. The van der Waals surface area contributed by atoms with Crippen LogP contribution in [0.1, 0.15) is 67.3 Å². The van der Waals surface area contributed by atoms with Gasteiger partial charge in [-0.25, -0.2) is 4.98 Å². The molecule has 2 aromatic heterocycles. The summed E-state index contributed by atoms with van der Waals surface area (Å²) in [6.07, 6.45) is 17.0. The van der Waals surface area contributed by atoms with Crippen LogP contribution in [0, 0.1) is 20.9 Å². The first-order valence-electron chi connectivity index (χ1n) is 21.1. The zero-order valence-electron chi connectivity index (χ0n) is 33.9. The average molecular weight is 861 g/mol. The van der Waals surface area contributed by atoms with E-state index in [1.165, 1.54) is 49.0 Å². The Morgan fingerprint density at radius 1 is 1.08 bits per heavy atom.